The lowest BCUT2D eigenvalue weighted by atomic mass is 9.98. The summed E-state index contributed by atoms with van der Waals surface area (Å²) >= 11 is 0. The summed E-state index contributed by atoms with van der Waals surface area (Å²) in [5.74, 6) is 1.53. The van der Waals surface area contributed by atoms with E-state index in [9.17, 15) is 9.18 Å². The Hall–Kier alpha value is -3.62. The Bertz CT molecular complexity index is 1240. The lowest BCUT2D eigenvalue weighted by Crippen LogP contribution is -2.42. The molecule has 1 aromatic heterocycles. The van der Waals surface area contributed by atoms with Crippen LogP contribution in [0.25, 0.3) is 10.9 Å². The molecule has 0 saturated carbocycles. The van der Waals surface area contributed by atoms with Crippen molar-refractivity contribution in [3.63, 3.8) is 0 Å². The van der Waals surface area contributed by atoms with Gasteiger partial charge in [-0.15, -0.1) is 0 Å². The van der Waals surface area contributed by atoms with Crippen LogP contribution in [0.4, 0.5) is 20.7 Å². The Labute approximate surface area is 224 Å². The average molecular weight is 527 g/mol. The highest BCUT2D eigenvalue weighted by Crippen LogP contribution is 2.35. The van der Waals surface area contributed by atoms with Gasteiger partial charge < -0.3 is 24.4 Å². The number of amides is 1. The normalized spacial score (nSPS) is 13.9. The second kappa shape index (κ2) is 12.8. The molecular formula is C29H39FN4O4. The van der Waals surface area contributed by atoms with Crippen LogP contribution in [-0.4, -0.2) is 53.4 Å². The van der Waals surface area contributed by atoms with Crippen molar-refractivity contribution in [3.05, 3.63) is 48.0 Å². The molecule has 0 bridgehead atoms. The van der Waals surface area contributed by atoms with Gasteiger partial charge >= 0.3 is 6.09 Å². The molecule has 1 aliphatic rings. The van der Waals surface area contributed by atoms with Gasteiger partial charge in [0.2, 0.25) is 0 Å². The highest BCUT2D eigenvalue weighted by Gasteiger charge is 2.27. The number of anilines is 2. The molecule has 0 unspecified atom stereocenters. The number of carbonyl (C=O) groups excluding carboxylic acids is 1. The minimum Gasteiger partial charge on any atom is -0.493 e. The van der Waals surface area contributed by atoms with Crippen LogP contribution < -0.4 is 14.8 Å². The van der Waals surface area contributed by atoms with Crippen molar-refractivity contribution in [3.8, 4) is 11.5 Å². The first-order valence-electron chi connectivity index (χ1n) is 13.1. The quantitative estimate of drug-likeness (QED) is 0.375. The number of methoxy groups -OCH3 is 1. The van der Waals surface area contributed by atoms with E-state index in [-0.39, 0.29) is 11.9 Å². The summed E-state index contributed by atoms with van der Waals surface area (Å²) < 4.78 is 31.6. The fourth-order valence-electron chi connectivity index (χ4n) is 4.10. The van der Waals surface area contributed by atoms with E-state index in [0.29, 0.717) is 59.5 Å². The number of carbonyl (C=O) groups is 1. The Morgan fingerprint density at radius 3 is 2.45 bits per heavy atom. The molecule has 0 radical (unpaired) electrons. The largest absolute Gasteiger partial charge is 0.493 e. The SMILES string of the molecule is CC.COc1cc2c(Nc3ccc(C)cc3F)ncnc2cc1OCC1CCN(C(=O)OC(C)(C)C)CC1. The molecule has 9 heteroatoms. The molecule has 38 heavy (non-hydrogen) atoms. The van der Waals surface area contributed by atoms with E-state index in [1.54, 1.807) is 24.1 Å². The van der Waals surface area contributed by atoms with Crippen LogP contribution in [0.3, 0.4) is 0 Å². The zero-order valence-corrected chi connectivity index (χ0v) is 23.4. The molecule has 1 aliphatic heterocycles. The molecule has 3 aromatic rings. The summed E-state index contributed by atoms with van der Waals surface area (Å²) in [4.78, 5) is 22.7. The van der Waals surface area contributed by atoms with E-state index in [4.69, 9.17) is 14.2 Å². The summed E-state index contributed by atoms with van der Waals surface area (Å²) in [5, 5.41) is 3.75. The van der Waals surface area contributed by atoms with Crippen molar-refractivity contribution in [2.75, 3.05) is 32.1 Å². The third-order valence-electron chi connectivity index (χ3n) is 6.04. The Morgan fingerprint density at radius 2 is 1.82 bits per heavy atom. The van der Waals surface area contributed by atoms with Crippen LogP contribution in [0, 0.1) is 18.7 Å². The first kappa shape index (κ1) is 28.9. The molecule has 0 aliphatic carbocycles. The minimum absolute atomic E-state index is 0.271. The van der Waals surface area contributed by atoms with E-state index in [0.717, 1.165) is 18.4 Å². The van der Waals surface area contributed by atoms with Gasteiger partial charge in [-0.05, 0) is 70.2 Å². The zero-order valence-electron chi connectivity index (χ0n) is 23.4. The molecule has 0 spiro atoms. The van der Waals surface area contributed by atoms with Crippen molar-refractivity contribution >= 4 is 28.5 Å². The third-order valence-corrected chi connectivity index (χ3v) is 6.04. The number of nitrogens with one attached hydrogen (secondary N) is 1. The number of hydrogen-bond donors (Lipinski definition) is 1. The van der Waals surface area contributed by atoms with Crippen molar-refractivity contribution in [2.45, 2.75) is 60.0 Å². The van der Waals surface area contributed by atoms with Gasteiger partial charge in [-0.1, -0.05) is 19.9 Å². The molecule has 4 rings (SSSR count). The number of ether oxygens (including phenoxy) is 3. The lowest BCUT2D eigenvalue weighted by molar-refractivity contribution is 0.0164. The van der Waals surface area contributed by atoms with Gasteiger partial charge in [0.05, 0.1) is 24.9 Å². The summed E-state index contributed by atoms with van der Waals surface area (Å²) in [6, 6.07) is 8.59. The summed E-state index contributed by atoms with van der Waals surface area (Å²) in [6.45, 7) is 13.2. The lowest BCUT2D eigenvalue weighted by Gasteiger charge is -2.33. The van der Waals surface area contributed by atoms with Crippen molar-refractivity contribution < 1.29 is 23.4 Å². The molecule has 206 valence electrons. The number of piperidine rings is 1. The topological polar surface area (TPSA) is 85.8 Å². The van der Waals surface area contributed by atoms with Gasteiger partial charge in [-0.25, -0.2) is 19.2 Å². The van der Waals surface area contributed by atoms with Crippen LogP contribution in [0.5, 0.6) is 11.5 Å². The van der Waals surface area contributed by atoms with Crippen LogP contribution >= 0.6 is 0 Å². The molecule has 2 aromatic carbocycles. The molecule has 1 amide bonds. The summed E-state index contributed by atoms with van der Waals surface area (Å²) in [7, 11) is 1.57. The summed E-state index contributed by atoms with van der Waals surface area (Å²) in [5.41, 5.74) is 1.31. The van der Waals surface area contributed by atoms with Crippen LogP contribution in [0.15, 0.2) is 36.7 Å². The molecule has 1 N–H and O–H groups in total. The maximum Gasteiger partial charge on any atom is 0.410 e. The van der Waals surface area contributed by atoms with Gasteiger partial charge in [0.25, 0.3) is 0 Å². The van der Waals surface area contributed by atoms with Gasteiger partial charge in [-0.3, -0.25) is 0 Å². The monoisotopic (exact) mass is 526 g/mol. The third kappa shape index (κ3) is 7.46. The van der Waals surface area contributed by atoms with Crippen molar-refractivity contribution in [1.82, 2.24) is 14.9 Å². The number of aryl methyl sites for hydroxylation is 1. The number of halogens is 1. The number of benzene rings is 2. The molecule has 1 fully saturated rings. The van der Waals surface area contributed by atoms with Gasteiger partial charge in [0, 0.05) is 24.5 Å². The van der Waals surface area contributed by atoms with E-state index in [2.05, 4.69) is 15.3 Å². The molecular weight excluding hydrogens is 487 g/mol. The number of fused-ring (bicyclic) bond motifs is 1. The van der Waals surface area contributed by atoms with Crippen LogP contribution in [-0.2, 0) is 4.74 Å². The smallest absolute Gasteiger partial charge is 0.410 e. The Morgan fingerprint density at radius 1 is 1.11 bits per heavy atom. The van der Waals surface area contributed by atoms with Gasteiger partial charge in [-0.2, -0.15) is 0 Å². The van der Waals surface area contributed by atoms with Crippen molar-refractivity contribution in [1.29, 1.82) is 0 Å². The van der Waals surface area contributed by atoms with E-state index in [1.165, 1.54) is 12.4 Å². The fourth-order valence-corrected chi connectivity index (χ4v) is 4.10. The van der Waals surface area contributed by atoms with E-state index >= 15 is 0 Å². The van der Waals surface area contributed by atoms with Crippen LogP contribution in [0.2, 0.25) is 0 Å². The van der Waals surface area contributed by atoms with E-state index < -0.39 is 5.60 Å². The first-order valence-corrected chi connectivity index (χ1v) is 13.1. The zero-order chi connectivity index (χ0) is 27.9. The maximum absolute atomic E-state index is 14.4. The maximum atomic E-state index is 14.4. The predicted molar refractivity (Wildman–Crippen MR) is 148 cm³/mol. The second-order valence-electron chi connectivity index (χ2n) is 10.1. The standard InChI is InChI=1S/C27H33FN4O4.C2H6/c1-17-6-7-21(20(28)12-17)31-25-19-13-23(34-5)24(14-22(19)29-16-30-25)35-15-18-8-10-32(11-9-18)26(33)36-27(2,3)4;1-2/h6-7,12-14,16,18H,8-11,15H2,1-5H3,(H,29,30,31);1-2H3. The highest BCUT2D eigenvalue weighted by atomic mass is 19.1. The molecule has 8 nitrogen and oxygen atoms in total. The number of nitrogens with zero attached hydrogens (tertiary/aromatic N) is 3. The average Bonchev–Trinajstić information content (AvgIpc) is 2.89. The number of likely N-dealkylation sites (tertiary alicyclic amines) is 1. The van der Waals surface area contributed by atoms with Crippen LogP contribution in [0.1, 0.15) is 53.0 Å². The number of hydrogen-bond acceptors (Lipinski definition) is 7. The Balaban J connectivity index is 0.00000195. The summed E-state index contributed by atoms with van der Waals surface area (Å²) in [6.07, 6.45) is 2.81. The van der Waals surface area contributed by atoms with E-state index in [1.807, 2.05) is 53.7 Å². The molecule has 2 heterocycles. The number of aromatic nitrogens is 2. The highest BCUT2D eigenvalue weighted by molar-refractivity contribution is 5.93. The fraction of sp³-hybridized carbons (Fsp3) is 0.483. The molecule has 1 saturated heterocycles. The van der Waals surface area contributed by atoms with Gasteiger partial charge in [0.1, 0.15) is 23.6 Å². The minimum atomic E-state index is -0.503. The second-order valence-corrected chi connectivity index (χ2v) is 10.1. The Kier molecular flexibility index (Phi) is 9.72. The first-order chi connectivity index (χ1) is 18.1. The van der Waals surface area contributed by atoms with Crippen molar-refractivity contribution in [2.24, 2.45) is 5.92 Å². The van der Waals surface area contributed by atoms with Gasteiger partial charge in [0.15, 0.2) is 11.5 Å². The molecule has 0 atom stereocenters. The predicted octanol–water partition coefficient (Wildman–Crippen LogP) is 6.88. The number of rotatable bonds is 6.